The number of carbonyl (C=O) groups excluding carboxylic acids is 1. The average Bonchev–Trinajstić information content (AvgIpc) is 2.62. The molecular weight excluding hydrogens is 313 g/mol. The molecule has 0 saturated heterocycles. The van der Waals surface area contributed by atoms with Crippen molar-refractivity contribution < 1.29 is 23.4 Å². The van der Waals surface area contributed by atoms with Crippen molar-refractivity contribution in [2.24, 2.45) is 0 Å². The van der Waals surface area contributed by atoms with Crippen LogP contribution in [0.3, 0.4) is 0 Å². The van der Waals surface area contributed by atoms with Gasteiger partial charge in [-0.15, -0.1) is 0 Å². The summed E-state index contributed by atoms with van der Waals surface area (Å²) in [6, 6.07) is 8.93. The molecule has 2 rings (SSSR count). The summed E-state index contributed by atoms with van der Waals surface area (Å²) in [6.07, 6.45) is 0. The second kappa shape index (κ2) is 7.68. The van der Waals surface area contributed by atoms with Crippen LogP contribution >= 0.6 is 0 Å². The summed E-state index contributed by atoms with van der Waals surface area (Å²) in [5, 5.41) is 0. The third kappa shape index (κ3) is 3.42. The molecule has 0 aromatic heterocycles. The highest BCUT2D eigenvalue weighted by molar-refractivity contribution is 6.08. The van der Waals surface area contributed by atoms with E-state index in [1.165, 1.54) is 38.4 Å². The third-order valence-corrected chi connectivity index (χ3v) is 3.64. The van der Waals surface area contributed by atoms with Crippen molar-refractivity contribution in [2.45, 2.75) is 6.92 Å². The van der Waals surface area contributed by atoms with Gasteiger partial charge in [-0.05, 0) is 31.2 Å². The van der Waals surface area contributed by atoms with Gasteiger partial charge in [0.25, 0.3) is 5.91 Å². The first-order chi connectivity index (χ1) is 11.5. The molecule has 6 heteroatoms. The molecule has 0 fully saturated rings. The van der Waals surface area contributed by atoms with Gasteiger partial charge in [0.15, 0.2) is 11.5 Å². The molecule has 24 heavy (non-hydrogen) atoms. The number of rotatable bonds is 6. The van der Waals surface area contributed by atoms with Crippen LogP contribution in [-0.4, -0.2) is 33.8 Å². The molecule has 0 saturated carbocycles. The average molecular weight is 333 g/mol. The Hall–Kier alpha value is -2.76. The number of carbonyl (C=O) groups is 1. The van der Waals surface area contributed by atoms with E-state index in [4.69, 9.17) is 14.2 Å². The van der Waals surface area contributed by atoms with Gasteiger partial charge < -0.3 is 19.1 Å². The molecule has 0 radical (unpaired) electrons. The molecule has 0 aliphatic carbocycles. The van der Waals surface area contributed by atoms with E-state index in [-0.39, 0.29) is 11.7 Å². The molecule has 0 N–H and O–H groups in total. The first-order valence-corrected chi connectivity index (χ1v) is 7.43. The lowest BCUT2D eigenvalue weighted by Gasteiger charge is -2.23. The number of benzene rings is 2. The fourth-order valence-electron chi connectivity index (χ4n) is 2.41. The molecule has 0 bridgehead atoms. The van der Waals surface area contributed by atoms with Gasteiger partial charge in [-0.2, -0.15) is 0 Å². The lowest BCUT2D eigenvalue weighted by Crippen LogP contribution is -2.31. The Morgan fingerprint density at radius 1 is 0.958 bits per heavy atom. The van der Waals surface area contributed by atoms with Gasteiger partial charge >= 0.3 is 0 Å². The summed E-state index contributed by atoms with van der Waals surface area (Å²) in [5.41, 5.74) is 0.932. The first kappa shape index (κ1) is 17.6. The number of methoxy groups -OCH3 is 3. The normalized spacial score (nSPS) is 10.2. The zero-order chi connectivity index (χ0) is 17.7. The molecule has 0 unspecified atom stereocenters. The van der Waals surface area contributed by atoms with E-state index < -0.39 is 0 Å². The summed E-state index contributed by atoms with van der Waals surface area (Å²) in [5.74, 6) is 0.638. The summed E-state index contributed by atoms with van der Waals surface area (Å²) in [6.45, 7) is 2.26. The molecule has 0 spiro atoms. The monoisotopic (exact) mass is 333 g/mol. The molecule has 0 atom stereocenters. The topological polar surface area (TPSA) is 48.0 Å². The quantitative estimate of drug-likeness (QED) is 0.811. The van der Waals surface area contributed by atoms with Crippen molar-refractivity contribution in [3.8, 4) is 17.2 Å². The number of hydrogen-bond donors (Lipinski definition) is 0. The zero-order valence-corrected chi connectivity index (χ0v) is 14.1. The van der Waals surface area contributed by atoms with Gasteiger partial charge in [-0.25, -0.2) is 4.39 Å². The second-order valence-electron chi connectivity index (χ2n) is 4.93. The van der Waals surface area contributed by atoms with Crippen LogP contribution in [0.1, 0.15) is 17.3 Å². The van der Waals surface area contributed by atoms with Gasteiger partial charge in [-0.3, -0.25) is 4.79 Å². The van der Waals surface area contributed by atoms with E-state index in [2.05, 4.69) is 0 Å². The van der Waals surface area contributed by atoms with Crippen molar-refractivity contribution in [3.63, 3.8) is 0 Å². The molecule has 0 heterocycles. The number of amides is 1. The zero-order valence-electron chi connectivity index (χ0n) is 14.1. The highest BCUT2D eigenvalue weighted by Gasteiger charge is 2.23. The van der Waals surface area contributed by atoms with Crippen LogP contribution in [0.5, 0.6) is 17.2 Å². The predicted octanol–water partition coefficient (Wildman–Crippen LogP) is 3.52. The summed E-state index contributed by atoms with van der Waals surface area (Å²) < 4.78 is 28.9. The predicted molar refractivity (Wildman–Crippen MR) is 89.8 cm³/mol. The van der Waals surface area contributed by atoms with Crippen LogP contribution in [0, 0.1) is 5.82 Å². The molecule has 0 aliphatic heterocycles. The van der Waals surface area contributed by atoms with Crippen LogP contribution in [0.2, 0.25) is 0 Å². The van der Waals surface area contributed by atoms with Crippen LogP contribution in [0.15, 0.2) is 36.4 Å². The molecular formula is C18H20FNO4. The Labute approximate surface area is 140 Å². The van der Waals surface area contributed by atoms with E-state index in [1.807, 2.05) is 6.92 Å². The van der Waals surface area contributed by atoms with Crippen LogP contribution in [-0.2, 0) is 0 Å². The van der Waals surface area contributed by atoms with Gasteiger partial charge in [0, 0.05) is 24.4 Å². The molecule has 5 nitrogen and oxygen atoms in total. The Morgan fingerprint density at radius 2 is 1.50 bits per heavy atom. The smallest absolute Gasteiger partial charge is 0.262 e. The van der Waals surface area contributed by atoms with E-state index in [0.717, 1.165) is 0 Å². The Balaban J connectivity index is 2.48. The van der Waals surface area contributed by atoms with Crippen molar-refractivity contribution in [1.82, 2.24) is 0 Å². The first-order valence-electron chi connectivity index (χ1n) is 7.43. The lowest BCUT2D eigenvalue weighted by atomic mass is 10.1. The minimum absolute atomic E-state index is 0.276. The van der Waals surface area contributed by atoms with Crippen molar-refractivity contribution in [2.75, 3.05) is 32.8 Å². The second-order valence-corrected chi connectivity index (χ2v) is 4.93. The largest absolute Gasteiger partial charge is 0.496 e. The van der Waals surface area contributed by atoms with E-state index in [1.54, 1.807) is 24.3 Å². The van der Waals surface area contributed by atoms with E-state index in [0.29, 0.717) is 35.0 Å². The molecule has 2 aromatic carbocycles. The van der Waals surface area contributed by atoms with Crippen LogP contribution in [0.25, 0.3) is 0 Å². The van der Waals surface area contributed by atoms with Gasteiger partial charge in [0.2, 0.25) is 0 Å². The summed E-state index contributed by atoms with van der Waals surface area (Å²) in [7, 11) is 4.48. The Kier molecular flexibility index (Phi) is 5.63. The fourth-order valence-corrected chi connectivity index (χ4v) is 2.41. The van der Waals surface area contributed by atoms with Gasteiger partial charge in [-0.1, -0.05) is 0 Å². The van der Waals surface area contributed by atoms with Crippen LogP contribution < -0.4 is 19.1 Å². The summed E-state index contributed by atoms with van der Waals surface area (Å²) in [4.78, 5) is 14.5. The fraction of sp³-hybridized carbons (Fsp3) is 0.278. The van der Waals surface area contributed by atoms with Gasteiger partial charge in [0.1, 0.15) is 11.6 Å². The highest BCUT2D eigenvalue weighted by Crippen LogP contribution is 2.35. The van der Waals surface area contributed by atoms with E-state index >= 15 is 0 Å². The minimum Gasteiger partial charge on any atom is -0.496 e. The standard InChI is InChI=1S/C18H20FNO4/c1-5-20(13-8-6-12(19)7-9-13)18(21)14-10-16(23-3)17(24-4)11-15(14)22-2/h6-11H,5H2,1-4H3. The van der Waals surface area contributed by atoms with Gasteiger partial charge in [0.05, 0.1) is 26.9 Å². The minimum atomic E-state index is -0.356. The van der Waals surface area contributed by atoms with E-state index in [9.17, 15) is 9.18 Å². The Bertz CT molecular complexity index is 716. The number of ether oxygens (including phenoxy) is 3. The SMILES string of the molecule is CCN(C(=O)c1cc(OC)c(OC)cc1OC)c1ccc(F)cc1. The molecule has 128 valence electrons. The summed E-state index contributed by atoms with van der Waals surface area (Å²) >= 11 is 0. The third-order valence-electron chi connectivity index (χ3n) is 3.64. The molecule has 0 aliphatic rings. The number of hydrogen-bond acceptors (Lipinski definition) is 4. The number of halogens is 1. The lowest BCUT2D eigenvalue weighted by molar-refractivity contribution is 0.0985. The maximum Gasteiger partial charge on any atom is 0.262 e. The van der Waals surface area contributed by atoms with Crippen LogP contribution in [0.4, 0.5) is 10.1 Å². The van der Waals surface area contributed by atoms with Crippen molar-refractivity contribution >= 4 is 11.6 Å². The van der Waals surface area contributed by atoms with Crippen molar-refractivity contribution in [1.29, 1.82) is 0 Å². The number of anilines is 1. The highest BCUT2D eigenvalue weighted by atomic mass is 19.1. The maximum absolute atomic E-state index is 13.1. The van der Waals surface area contributed by atoms with Crippen molar-refractivity contribution in [3.05, 3.63) is 47.8 Å². The number of nitrogens with zero attached hydrogens (tertiary/aromatic N) is 1. The molecule has 1 amide bonds. The molecule has 2 aromatic rings. The maximum atomic E-state index is 13.1. The Morgan fingerprint density at radius 3 is 2.00 bits per heavy atom.